The van der Waals surface area contributed by atoms with Gasteiger partial charge in [0.25, 0.3) is 0 Å². The zero-order valence-electron chi connectivity index (χ0n) is 10.8. The summed E-state index contributed by atoms with van der Waals surface area (Å²) in [5.74, 6) is 0.620. The molecule has 0 aromatic heterocycles. The van der Waals surface area contributed by atoms with Gasteiger partial charge in [-0.3, -0.25) is 0 Å². The van der Waals surface area contributed by atoms with Gasteiger partial charge in [0.05, 0.1) is 17.1 Å². The number of β-amino-alcohol motifs (C(OH)–C–C–N with tert-alkyl or cyclic N) is 1. The van der Waals surface area contributed by atoms with Crippen molar-refractivity contribution in [3.8, 4) is 6.07 Å². The van der Waals surface area contributed by atoms with Gasteiger partial charge < -0.3 is 10.4 Å². The van der Waals surface area contributed by atoms with Crippen molar-refractivity contribution < 1.29 is 5.11 Å². The summed E-state index contributed by atoms with van der Waals surface area (Å²) in [6.07, 6.45) is 6.97. The van der Waals surface area contributed by atoms with Gasteiger partial charge in [-0.25, -0.2) is 0 Å². The zero-order chi connectivity index (χ0) is 12.4. The lowest BCUT2D eigenvalue weighted by Gasteiger charge is -2.49. The highest BCUT2D eigenvalue weighted by atomic mass is 16.3. The molecule has 0 amide bonds. The average molecular weight is 236 g/mol. The molecule has 0 aromatic rings. The maximum atomic E-state index is 10.9. The van der Waals surface area contributed by atoms with Crippen molar-refractivity contribution in [2.24, 2.45) is 11.3 Å². The summed E-state index contributed by atoms with van der Waals surface area (Å²) >= 11 is 0. The summed E-state index contributed by atoms with van der Waals surface area (Å²) in [5, 5.41) is 23.8. The predicted octanol–water partition coefficient (Wildman–Crippen LogP) is 2.21. The molecule has 3 atom stereocenters. The SMILES string of the molecule is CCC1CCCC(C#N)(C2(O)CCCNC2)C1. The number of nitrogens with one attached hydrogen (secondary N) is 1. The van der Waals surface area contributed by atoms with Gasteiger partial charge in [0, 0.05) is 6.54 Å². The van der Waals surface area contributed by atoms with Gasteiger partial charge in [0.15, 0.2) is 0 Å². The summed E-state index contributed by atoms with van der Waals surface area (Å²) in [6, 6.07) is 2.50. The Morgan fingerprint density at radius 2 is 2.24 bits per heavy atom. The van der Waals surface area contributed by atoms with E-state index in [9.17, 15) is 10.4 Å². The van der Waals surface area contributed by atoms with Gasteiger partial charge in [-0.05, 0) is 38.1 Å². The molecule has 1 aliphatic carbocycles. The van der Waals surface area contributed by atoms with E-state index in [1.54, 1.807) is 0 Å². The Labute approximate surface area is 104 Å². The van der Waals surface area contributed by atoms with E-state index in [4.69, 9.17) is 0 Å². The first kappa shape index (κ1) is 12.9. The fourth-order valence-corrected chi connectivity index (χ4v) is 3.66. The van der Waals surface area contributed by atoms with Crippen LogP contribution in [0, 0.1) is 22.7 Å². The van der Waals surface area contributed by atoms with Crippen molar-refractivity contribution in [2.75, 3.05) is 13.1 Å². The fraction of sp³-hybridized carbons (Fsp3) is 0.929. The Kier molecular flexibility index (Phi) is 3.75. The third-order valence-electron chi connectivity index (χ3n) is 4.90. The fourth-order valence-electron chi connectivity index (χ4n) is 3.66. The van der Waals surface area contributed by atoms with Crippen molar-refractivity contribution in [1.29, 1.82) is 5.26 Å². The second-order valence-corrected chi connectivity index (χ2v) is 5.88. The summed E-state index contributed by atoms with van der Waals surface area (Å²) in [7, 11) is 0. The molecule has 0 radical (unpaired) electrons. The van der Waals surface area contributed by atoms with Gasteiger partial charge in [0.2, 0.25) is 0 Å². The minimum Gasteiger partial charge on any atom is -0.387 e. The number of nitrogens with zero attached hydrogens (tertiary/aromatic N) is 1. The van der Waals surface area contributed by atoms with Crippen LogP contribution in [-0.2, 0) is 0 Å². The predicted molar refractivity (Wildman–Crippen MR) is 67.3 cm³/mol. The lowest BCUT2D eigenvalue weighted by Crippen LogP contribution is -2.58. The van der Waals surface area contributed by atoms with Crippen molar-refractivity contribution >= 4 is 0 Å². The molecule has 3 heteroatoms. The minimum atomic E-state index is -0.798. The molecule has 17 heavy (non-hydrogen) atoms. The molecular formula is C14H24N2O. The molecule has 0 aromatic carbocycles. The van der Waals surface area contributed by atoms with E-state index >= 15 is 0 Å². The molecular weight excluding hydrogens is 212 g/mol. The topological polar surface area (TPSA) is 56.0 Å². The molecule has 1 heterocycles. The first-order chi connectivity index (χ1) is 8.16. The number of nitriles is 1. The second-order valence-electron chi connectivity index (χ2n) is 5.88. The minimum absolute atomic E-state index is 0.501. The number of hydrogen-bond donors (Lipinski definition) is 2. The molecule has 2 fully saturated rings. The number of rotatable bonds is 2. The van der Waals surface area contributed by atoms with E-state index in [2.05, 4.69) is 18.3 Å². The van der Waals surface area contributed by atoms with E-state index in [1.807, 2.05) is 0 Å². The molecule has 0 spiro atoms. The maximum absolute atomic E-state index is 10.9. The van der Waals surface area contributed by atoms with Gasteiger partial charge in [-0.1, -0.05) is 26.2 Å². The number of piperidine rings is 1. The Balaban J connectivity index is 2.20. The normalized spacial score (nSPS) is 43.0. The van der Waals surface area contributed by atoms with Crippen molar-refractivity contribution in [3.05, 3.63) is 0 Å². The van der Waals surface area contributed by atoms with E-state index in [0.717, 1.165) is 45.1 Å². The first-order valence-electron chi connectivity index (χ1n) is 7.00. The standard InChI is InChI=1S/C14H24N2O/c1-2-12-5-3-6-13(9-12,10-15)14(17)7-4-8-16-11-14/h12,16-17H,2-9,11H2,1H3. The van der Waals surface area contributed by atoms with Crippen LogP contribution < -0.4 is 5.32 Å². The van der Waals surface area contributed by atoms with Gasteiger partial charge in [0.1, 0.15) is 0 Å². The molecule has 1 saturated heterocycles. The third kappa shape index (κ3) is 2.21. The molecule has 3 nitrogen and oxygen atoms in total. The van der Waals surface area contributed by atoms with E-state index in [-0.39, 0.29) is 0 Å². The summed E-state index contributed by atoms with van der Waals surface area (Å²) in [6.45, 7) is 3.76. The molecule has 0 bridgehead atoms. The summed E-state index contributed by atoms with van der Waals surface area (Å²) in [4.78, 5) is 0. The van der Waals surface area contributed by atoms with Crippen LogP contribution in [0.4, 0.5) is 0 Å². The van der Waals surface area contributed by atoms with Gasteiger partial charge in [-0.2, -0.15) is 5.26 Å². The highest BCUT2D eigenvalue weighted by Crippen LogP contribution is 2.49. The van der Waals surface area contributed by atoms with Crippen LogP contribution in [0.5, 0.6) is 0 Å². The smallest absolute Gasteiger partial charge is 0.0957 e. The average Bonchev–Trinajstić information content (AvgIpc) is 2.39. The van der Waals surface area contributed by atoms with Crippen LogP contribution in [-0.4, -0.2) is 23.8 Å². The van der Waals surface area contributed by atoms with Crippen LogP contribution in [0.3, 0.4) is 0 Å². The second kappa shape index (κ2) is 4.96. The maximum Gasteiger partial charge on any atom is 0.0957 e. The van der Waals surface area contributed by atoms with Gasteiger partial charge in [-0.15, -0.1) is 0 Å². The zero-order valence-corrected chi connectivity index (χ0v) is 10.8. The van der Waals surface area contributed by atoms with Gasteiger partial charge >= 0.3 is 0 Å². The Hall–Kier alpha value is -0.590. The van der Waals surface area contributed by atoms with E-state index in [1.165, 1.54) is 6.42 Å². The highest BCUT2D eigenvalue weighted by Gasteiger charge is 2.52. The molecule has 3 unspecified atom stereocenters. The molecule has 2 rings (SSSR count). The largest absolute Gasteiger partial charge is 0.387 e. The highest BCUT2D eigenvalue weighted by molar-refractivity contribution is 5.15. The van der Waals surface area contributed by atoms with Crippen molar-refractivity contribution in [2.45, 2.75) is 57.5 Å². The van der Waals surface area contributed by atoms with Crippen LogP contribution >= 0.6 is 0 Å². The molecule has 2 N–H and O–H groups in total. The van der Waals surface area contributed by atoms with Crippen LogP contribution in [0.2, 0.25) is 0 Å². The van der Waals surface area contributed by atoms with E-state index < -0.39 is 11.0 Å². The van der Waals surface area contributed by atoms with Crippen LogP contribution in [0.1, 0.15) is 51.9 Å². The molecule has 2 aliphatic rings. The lowest BCUT2D eigenvalue weighted by atomic mass is 9.59. The number of aliphatic hydroxyl groups is 1. The van der Waals surface area contributed by atoms with Crippen molar-refractivity contribution in [3.63, 3.8) is 0 Å². The van der Waals surface area contributed by atoms with Crippen molar-refractivity contribution in [1.82, 2.24) is 5.32 Å². The lowest BCUT2D eigenvalue weighted by molar-refractivity contribution is -0.0952. The first-order valence-corrected chi connectivity index (χ1v) is 7.00. The van der Waals surface area contributed by atoms with E-state index in [0.29, 0.717) is 12.5 Å². The Bertz CT molecular complexity index is 304. The third-order valence-corrected chi connectivity index (χ3v) is 4.90. The summed E-state index contributed by atoms with van der Waals surface area (Å²) < 4.78 is 0. The summed E-state index contributed by atoms with van der Waals surface area (Å²) in [5.41, 5.74) is -1.30. The van der Waals surface area contributed by atoms with Crippen LogP contribution in [0.15, 0.2) is 0 Å². The van der Waals surface area contributed by atoms with Crippen LogP contribution in [0.25, 0.3) is 0 Å². The molecule has 1 saturated carbocycles. The quantitative estimate of drug-likeness (QED) is 0.773. The molecule has 1 aliphatic heterocycles. The Morgan fingerprint density at radius 1 is 1.41 bits per heavy atom. The molecule has 96 valence electrons. The monoisotopic (exact) mass is 236 g/mol. The number of hydrogen-bond acceptors (Lipinski definition) is 3. The Morgan fingerprint density at radius 3 is 2.82 bits per heavy atom.